The molecule has 92 valence electrons. The average molecular weight is 355 g/mol. The Kier molecular flexibility index (Phi) is 3.81. The summed E-state index contributed by atoms with van der Waals surface area (Å²) in [6.07, 6.45) is 0. The summed E-state index contributed by atoms with van der Waals surface area (Å²) in [5, 5.41) is 10.9. The fourth-order valence-corrected chi connectivity index (χ4v) is 1.89. The Balaban J connectivity index is 2.39. The molecular formula is C13H10INO3. The van der Waals surface area contributed by atoms with Gasteiger partial charge in [-0.05, 0) is 59.3 Å². The van der Waals surface area contributed by atoms with Gasteiger partial charge in [-0.2, -0.15) is 0 Å². The molecule has 0 spiro atoms. The van der Waals surface area contributed by atoms with Gasteiger partial charge in [0.25, 0.3) is 0 Å². The van der Waals surface area contributed by atoms with E-state index < -0.39 is 4.92 Å². The van der Waals surface area contributed by atoms with E-state index in [2.05, 4.69) is 22.6 Å². The molecule has 0 N–H and O–H groups in total. The van der Waals surface area contributed by atoms with E-state index in [1.807, 2.05) is 12.1 Å². The molecule has 0 bridgehead atoms. The number of para-hydroxylation sites is 1. The lowest BCUT2D eigenvalue weighted by molar-refractivity contribution is -0.385. The second-order valence-corrected chi connectivity index (χ2v) is 4.98. The van der Waals surface area contributed by atoms with Gasteiger partial charge in [-0.25, -0.2) is 0 Å². The van der Waals surface area contributed by atoms with Gasteiger partial charge in [0.1, 0.15) is 5.75 Å². The third-order valence-electron chi connectivity index (χ3n) is 2.42. The third-order valence-corrected chi connectivity index (χ3v) is 3.14. The SMILES string of the molecule is Cc1cccc([N+](=O)[O-])c1Oc1ccc(I)cc1. The smallest absolute Gasteiger partial charge is 0.311 e. The number of nitro benzene ring substituents is 1. The zero-order valence-corrected chi connectivity index (χ0v) is 11.7. The maximum Gasteiger partial charge on any atom is 0.311 e. The van der Waals surface area contributed by atoms with Crippen LogP contribution in [0.4, 0.5) is 5.69 Å². The van der Waals surface area contributed by atoms with Crippen molar-refractivity contribution >= 4 is 28.3 Å². The molecule has 0 aliphatic rings. The van der Waals surface area contributed by atoms with Crippen molar-refractivity contribution in [1.29, 1.82) is 0 Å². The highest BCUT2D eigenvalue weighted by molar-refractivity contribution is 14.1. The molecule has 4 nitrogen and oxygen atoms in total. The van der Waals surface area contributed by atoms with Crippen LogP contribution in [0.3, 0.4) is 0 Å². The largest absolute Gasteiger partial charge is 0.450 e. The number of nitrogens with zero attached hydrogens (tertiary/aromatic N) is 1. The summed E-state index contributed by atoms with van der Waals surface area (Å²) in [5.74, 6) is 0.886. The molecule has 0 aromatic heterocycles. The number of rotatable bonds is 3. The van der Waals surface area contributed by atoms with Gasteiger partial charge >= 0.3 is 5.69 Å². The summed E-state index contributed by atoms with van der Waals surface area (Å²) in [5.41, 5.74) is 0.719. The van der Waals surface area contributed by atoms with Crippen molar-refractivity contribution in [2.24, 2.45) is 0 Å². The van der Waals surface area contributed by atoms with E-state index in [0.717, 1.165) is 9.13 Å². The van der Waals surface area contributed by atoms with E-state index in [4.69, 9.17) is 4.74 Å². The minimum atomic E-state index is -0.435. The molecule has 0 amide bonds. The first-order valence-corrected chi connectivity index (χ1v) is 6.33. The molecule has 0 radical (unpaired) electrons. The van der Waals surface area contributed by atoms with Crippen molar-refractivity contribution in [3.8, 4) is 11.5 Å². The van der Waals surface area contributed by atoms with Gasteiger partial charge in [0.2, 0.25) is 5.75 Å². The summed E-state index contributed by atoms with van der Waals surface area (Å²) in [7, 11) is 0. The van der Waals surface area contributed by atoms with Crippen LogP contribution >= 0.6 is 22.6 Å². The molecule has 0 aliphatic carbocycles. The number of halogens is 1. The lowest BCUT2D eigenvalue weighted by atomic mass is 10.2. The van der Waals surface area contributed by atoms with Crippen molar-refractivity contribution in [2.75, 3.05) is 0 Å². The van der Waals surface area contributed by atoms with Crippen molar-refractivity contribution in [1.82, 2.24) is 0 Å². The lowest BCUT2D eigenvalue weighted by Gasteiger charge is -2.08. The van der Waals surface area contributed by atoms with Crippen LogP contribution in [0.2, 0.25) is 0 Å². The van der Waals surface area contributed by atoms with Gasteiger partial charge in [0.05, 0.1) is 4.92 Å². The molecule has 0 atom stereocenters. The minimum absolute atomic E-state index is 0.0199. The fourth-order valence-electron chi connectivity index (χ4n) is 1.53. The number of hydrogen-bond donors (Lipinski definition) is 0. The molecule has 0 unspecified atom stereocenters. The first kappa shape index (κ1) is 12.8. The van der Waals surface area contributed by atoms with E-state index in [0.29, 0.717) is 11.5 Å². The van der Waals surface area contributed by atoms with Crippen molar-refractivity contribution < 1.29 is 9.66 Å². The van der Waals surface area contributed by atoms with E-state index in [9.17, 15) is 10.1 Å². The standard InChI is InChI=1S/C13H10INO3/c1-9-3-2-4-12(15(16)17)13(9)18-11-7-5-10(14)6-8-11/h2-8H,1H3. The van der Waals surface area contributed by atoms with Crippen LogP contribution < -0.4 is 4.74 Å². The van der Waals surface area contributed by atoms with Crippen LogP contribution in [-0.4, -0.2) is 4.92 Å². The zero-order valence-electron chi connectivity index (χ0n) is 9.59. The molecule has 0 heterocycles. The molecule has 0 saturated carbocycles. The summed E-state index contributed by atoms with van der Waals surface area (Å²) >= 11 is 2.19. The highest BCUT2D eigenvalue weighted by atomic mass is 127. The topological polar surface area (TPSA) is 52.4 Å². The third kappa shape index (κ3) is 2.79. The Hall–Kier alpha value is -1.63. The van der Waals surface area contributed by atoms with E-state index in [1.165, 1.54) is 6.07 Å². The Labute approximate surface area is 118 Å². The van der Waals surface area contributed by atoms with Crippen LogP contribution in [0.1, 0.15) is 5.56 Å². The zero-order chi connectivity index (χ0) is 13.1. The normalized spacial score (nSPS) is 10.1. The molecule has 5 heteroatoms. The van der Waals surface area contributed by atoms with Crippen LogP contribution in [0.5, 0.6) is 11.5 Å². The predicted octanol–water partition coefficient (Wildman–Crippen LogP) is 4.30. The maximum absolute atomic E-state index is 10.9. The number of nitro groups is 1. The van der Waals surface area contributed by atoms with Gasteiger partial charge in [-0.3, -0.25) is 10.1 Å². The van der Waals surface area contributed by atoms with Crippen LogP contribution in [-0.2, 0) is 0 Å². The summed E-state index contributed by atoms with van der Waals surface area (Å²) in [6.45, 7) is 1.79. The summed E-state index contributed by atoms with van der Waals surface area (Å²) in [4.78, 5) is 10.5. The van der Waals surface area contributed by atoms with Crippen LogP contribution in [0.25, 0.3) is 0 Å². The highest BCUT2D eigenvalue weighted by Gasteiger charge is 2.17. The first-order chi connectivity index (χ1) is 8.58. The minimum Gasteiger partial charge on any atom is -0.450 e. The van der Waals surface area contributed by atoms with E-state index >= 15 is 0 Å². The summed E-state index contributed by atoms with van der Waals surface area (Å²) in [6, 6.07) is 12.2. The van der Waals surface area contributed by atoms with Crippen molar-refractivity contribution in [3.63, 3.8) is 0 Å². The maximum atomic E-state index is 10.9. The number of hydrogen-bond acceptors (Lipinski definition) is 3. The molecular weight excluding hydrogens is 345 g/mol. The quantitative estimate of drug-likeness (QED) is 0.469. The predicted molar refractivity (Wildman–Crippen MR) is 77.1 cm³/mol. The Morgan fingerprint density at radius 3 is 2.44 bits per heavy atom. The summed E-state index contributed by atoms with van der Waals surface area (Å²) < 4.78 is 6.69. The number of aryl methyl sites for hydroxylation is 1. The second-order valence-electron chi connectivity index (χ2n) is 3.74. The lowest BCUT2D eigenvalue weighted by Crippen LogP contribution is -1.95. The van der Waals surface area contributed by atoms with Gasteiger partial charge < -0.3 is 4.74 Å². The molecule has 0 fully saturated rings. The number of ether oxygens (including phenoxy) is 1. The van der Waals surface area contributed by atoms with Gasteiger partial charge in [0.15, 0.2) is 0 Å². The molecule has 2 rings (SSSR count). The van der Waals surface area contributed by atoms with Crippen LogP contribution in [0, 0.1) is 20.6 Å². The molecule has 2 aromatic carbocycles. The Morgan fingerprint density at radius 1 is 1.17 bits per heavy atom. The monoisotopic (exact) mass is 355 g/mol. The molecule has 0 saturated heterocycles. The van der Waals surface area contributed by atoms with E-state index in [-0.39, 0.29) is 5.69 Å². The Morgan fingerprint density at radius 2 is 1.83 bits per heavy atom. The molecule has 18 heavy (non-hydrogen) atoms. The second kappa shape index (κ2) is 5.34. The van der Waals surface area contributed by atoms with E-state index in [1.54, 1.807) is 31.2 Å². The van der Waals surface area contributed by atoms with Gasteiger partial charge in [-0.1, -0.05) is 12.1 Å². The average Bonchev–Trinajstić information content (AvgIpc) is 2.34. The van der Waals surface area contributed by atoms with Crippen molar-refractivity contribution in [2.45, 2.75) is 6.92 Å². The van der Waals surface area contributed by atoms with Crippen molar-refractivity contribution in [3.05, 3.63) is 61.7 Å². The Bertz CT molecular complexity index is 581. The van der Waals surface area contributed by atoms with Gasteiger partial charge in [0, 0.05) is 9.64 Å². The highest BCUT2D eigenvalue weighted by Crippen LogP contribution is 2.34. The van der Waals surface area contributed by atoms with Crippen LogP contribution in [0.15, 0.2) is 42.5 Å². The van der Waals surface area contributed by atoms with Gasteiger partial charge in [-0.15, -0.1) is 0 Å². The fraction of sp³-hybridized carbons (Fsp3) is 0.0769. The first-order valence-electron chi connectivity index (χ1n) is 5.25. The number of benzene rings is 2. The molecule has 0 aliphatic heterocycles. The molecule has 2 aromatic rings.